The summed E-state index contributed by atoms with van der Waals surface area (Å²) in [6, 6.07) is 6.35. The summed E-state index contributed by atoms with van der Waals surface area (Å²) in [5, 5.41) is 0. The Hall–Kier alpha value is -1.23. The van der Waals surface area contributed by atoms with Gasteiger partial charge >= 0.3 is 6.36 Å². The standard InChI is InChI=1S/C21H31F3O2/c1-2-3-4-5-6-15-25-16-17-7-9-18(10-8-17)19-11-13-20(14-12-19)26-21(22,23)24/h11-14,17-18H,2-10,15-16H2,1H3. The molecule has 1 fully saturated rings. The fraction of sp³-hybridized carbons (Fsp3) is 0.714. The number of unbranched alkanes of at least 4 members (excludes halogenated alkanes) is 4. The first-order chi connectivity index (χ1) is 12.5. The van der Waals surface area contributed by atoms with Gasteiger partial charge in [-0.25, -0.2) is 0 Å². The summed E-state index contributed by atoms with van der Waals surface area (Å²) in [4.78, 5) is 0. The van der Waals surface area contributed by atoms with Crippen LogP contribution in [-0.4, -0.2) is 19.6 Å². The molecule has 0 saturated heterocycles. The van der Waals surface area contributed by atoms with Crippen molar-refractivity contribution in [1.29, 1.82) is 0 Å². The van der Waals surface area contributed by atoms with Crippen molar-refractivity contribution < 1.29 is 22.6 Å². The van der Waals surface area contributed by atoms with E-state index in [4.69, 9.17) is 4.74 Å². The van der Waals surface area contributed by atoms with Gasteiger partial charge in [0.25, 0.3) is 0 Å². The molecule has 1 saturated carbocycles. The number of ether oxygens (including phenoxy) is 2. The maximum atomic E-state index is 12.2. The lowest BCUT2D eigenvalue weighted by atomic mass is 9.79. The van der Waals surface area contributed by atoms with E-state index in [0.29, 0.717) is 11.8 Å². The minimum Gasteiger partial charge on any atom is -0.406 e. The van der Waals surface area contributed by atoms with Crippen LogP contribution >= 0.6 is 0 Å². The summed E-state index contributed by atoms with van der Waals surface area (Å²) >= 11 is 0. The molecule has 0 unspecified atom stereocenters. The highest BCUT2D eigenvalue weighted by Gasteiger charge is 2.31. The maximum Gasteiger partial charge on any atom is 0.573 e. The highest BCUT2D eigenvalue weighted by molar-refractivity contribution is 5.29. The molecule has 0 bridgehead atoms. The van der Waals surface area contributed by atoms with Gasteiger partial charge in [0.1, 0.15) is 5.75 Å². The van der Waals surface area contributed by atoms with Crippen molar-refractivity contribution in [3.05, 3.63) is 29.8 Å². The highest BCUT2D eigenvalue weighted by atomic mass is 19.4. The van der Waals surface area contributed by atoms with E-state index in [0.717, 1.165) is 50.9 Å². The molecule has 1 aliphatic rings. The first-order valence-electron chi connectivity index (χ1n) is 9.91. The number of halogens is 3. The van der Waals surface area contributed by atoms with E-state index < -0.39 is 6.36 Å². The van der Waals surface area contributed by atoms with Gasteiger partial charge in [0, 0.05) is 13.2 Å². The van der Waals surface area contributed by atoms with Crippen LogP contribution in [0.5, 0.6) is 5.75 Å². The lowest BCUT2D eigenvalue weighted by molar-refractivity contribution is -0.274. The molecular weight excluding hydrogens is 341 g/mol. The normalized spacial score (nSPS) is 20.9. The van der Waals surface area contributed by atoms with E-state index in [-0.39, 0.29) is 5.75 Å². The highest BCUT2D eigenvalue weighted by Crippen LogP contribution is 2.36. The molecule has 2 nitrogen and oxygen atoms in total. The Kier molecular flexibility index (Phi) is 8.76. The second-order valence-electron chi connectivity index (χ2n) is 7.32. The molecule has 148 valence electrons. The Morgan fingerprint density at radius 3 is 2.19 bits per heavy atom. The fourth-order valence-electron chi connectivity index (χ4n) is 3.66. The SMILES string of the molecule is CCCCCCCOCC1CCC(c2ccc(OC(F)(F)F)cc2)CC1. The zero-order valence-electron chi connectivity index (χ0n) is 15.7. The van der Waals surface area contributed by atoms with Crippen LogP contribution in [0.25, 0.3) is 0 Å². The smallest absolute Gasteiger partial charge is 0.406 e. The molecular formula is C21H31F3O2. The molecule has 0 aromatic heterocycles. The van der Waals surface area contributed by atoms with Crippen LogP contribution in [0, 0.1) is 5.92 Å². The van der Waals surface area contributed by atoms with Gasteiger partial charge < -0.3 is 9.47 Å². The summed E-state index contributed by atoms with van der Waals surface area (Å²) in [6.45, 7) is 3.93. The molecule has 1 aromatic carbocycles. The van der Waals surface area contributed by atoms with Crippen molar-refractivity contribution in [3.8, 4) is 5.75 Å². The van der Waals surface area contributed by atoms with Crippen LogP contribution in [0.1, 0.15) is 76.2 Å². The number of hydrogen-bond acceptors (Lipinski definition) is 2. The minimum atomic E-state index is -4.63. The molecule has 0 heterocycles. The van der Waals surface area contributed by atoms with E-state index in [2.05, 4.69) is 11.7 Å². The Morgan fingerprint density at radius 1 is 0.923 bits per heavy atom. The van der Waals surface area contributed by atoms with Crippen LogP contribution in [0.3, 0.4) is 0 Å². The third-order valence-corrected chi connectivity index (χ3v) is 5.18. The molecule has 26 heavy (non-hydrogen) atoms. The molecule has 0 amide bonds. The quantitative estimate of drug-likeness (QED) is 0.418. The lowest BCUT2D eigenvalue weighted by Crippen LogP contribution is -2.18. The molecule has 0 N–H and O–H groups in total. The second-order valence-corrected chi connectivity index (χ2v) is 7.32. The third-order valence-electron chi connectivity index (χ3n) is 5.18. The summed E-state index contributed by atoms with van der Waals surface area (Å²) in [7, 11) is 0. The lowest BCUT2D eigenvalue weighted by Gasteiger charge is -2.28. The van der Waals surface area contributed by atoms with Crippen molar-refractivity contribution >= 4 is 0 Å². The number of rotatable bonds is 10. The first kappa shape index (κ1) is 21.1. The zero-order chi connectivity index (χ0) is 18.8. The number of benzene rings is 1. The minimum absolute atomic E-state index is 0.151. The van der Waals surface area contributed by atoms with E-state index in [1.54, 1.807) is 12.1 Å². The Bertz CT molecular complexity index is 491. The monoisotopic (exact) mass is 372 g/mol. The average molecular weight is 372 g/mol. The van der Waals surface area contributed by atoms with E-state index in [1.807, 2.05) is 0 Å². The van der Waals surface area contributed by atoms with Crippen LogP contribution < -0.4 is 4.74 Å². The predicted octanol–water partition coefficient (Wildman–Crippen LogP) is 6.85. The molecule has 0 aliphatic heterocycles. The van der Waals surface area contributed by atoms with Crippen LogP contribution in [0.15, 0.2) is 24.3 Å². The van der Waals surface area contributed by atoms with Crippen LogP contribution in [0.2, 0.25) is 0 Å². The van der Waals surface area contributed by atoms with E-state index in [1.165, 1.54) is 37.8 Å². The molecule has 0 radical (unpaired) electrons. The van der Waals surface area contributed by atoms with Crippen molar-refractivity contribution in [1.82, 2.24) is 0 Å². The maximum absolute atomic E-state index is 12.2. The van der Waals surface area contributed by atoms with Crippen LogP contribution in [0.4, 0.5) is 13.2 Å². The third kappa shape index (κ3) is 7.98. The van der Waals surface area contributed by atoms with E-state index >= 15 is 0 Å². The van der Waals surface area contributed by atoms with Gasteiger partial charge in [-0.3, -0.25) is 0 Å². The topological polar surface area (TPSA) is 18.5 Å². The summed E-state index contributed by atoms with van der Waals surface area (Å²) in [5.41, 5.74) is 1.11. The van der Waals surface area contributed by atoms with Gasteiger partial charge in [0.05, 0.1) is 0 Å². The van der Waals surface area contributed by atoms with Gasteiger partial charge in [-0.1, -0.05) is 44.7 Å². The van der Waals surface area contributed by atoms with Gasteiger partial charge in [-0.05, 0) is 61.6 Å². The summed E-state index contributed by atoms with van der Waals surface area (Å²) < 4.78 is 46.4. The largest absolute Gasteiger partial charge is 0.573 e. The number of hydrogen-bond donors (Lipinski definition) is 0. The Morgan fingerprint density at radius 2 is 1.58 bits per heavy atom. The summed E-state index contributed by atoms with van der Waals surface area (Å²) in [5.74, 6) is 0.900. The van der Waals surface area contributed by atoms with Crippen molar-refractivity contribution in [2.24, 2.45) is 5.92 Å². The van der Waals surface area contributed by atoms with Gasteiger partial charge in [0.15, 0.2) is 0 Å². The molecule has 0 spiro atoms. The molecule has 1 aliphatic carbocycles. The zero-order valence-corrected chi connectivity index (χ0v) is 15.7. The predicted molar refractivity (Wildman–Crippen MR) is 97.4 cm³/mol. The number of alkyl halides is 3. The molecule has 0 atom stereocenters. The molecule has 2 rings (SSSR count). The van der Waals surface area contributed by atoms with Crippen LogP contribution in [-0.2, 0) is 4.74 Å². The van der Waals surface area contributed by atoms with Gasteiger partial charge in [-0.15, -0.1) is 13.2 Å². The summed E-state index contributed by atoms with van der Waals surface area (Å²) in [6.07, 6.45) is 6.07. The fourth-order valence-corrected chi connectivity index (χ4v) is 3.66. The first-order valence-corrected chi connectivity index (χ1v) is 9.91. The Balaban J connectivity index is 1.63. The Labute approximate surface area is 155 Å². The molecule has 5 heteroatoms. The average Bonchev–Trinajstić information content (AvgIpc) is 2.61. The van der Waals surface area contributed by atoms with Gasteiger partial charge in [0.2, 0.25) is 0 Å². The van der Waals surface area contributed by atoms with Crippen molar-refractivity contribution in [3.63, 3.8) is 0 Å². The van der Waals surface area contributed by atoms with Gasteiger partial charge in [-0.2, -0.15) is 0 Å². The van der Waals surface area contributed by atoms with Crippen molar-refractivity contribution in [2.75, 3.05) is 13.2 Å². The molecule has 1 aromatic rings. The van der Waals surface area contributed by atoms with Crippen molar-refractivity contribution in [2.45, 2.75) is 77.0 Å². The van der Waals surface area contributed by atoms with E-state index in [9.17, 15) is 13.2 Å². The second kappa shape index (κ2) is 10.8.